The highest BCUT2D eigenvalue weighted by Crippen LogP contribution is 2.31. The summed E-state index contributed by atoms with van der Waals surface area (Å²) in [5, 5.41) is 11.7. The van der Waals surface area contributed by atoms with E-state index in [2.05, 4.69) is 11.4 Å². The second-order valence-electron chi connectivity index (χ2n) is 5.57. The summed E-state index contributed by atoms with van der Waals surface area (Å²) in [7, 11) is 5.04. The van der Waals surface area contributed by atoms with Gasteiger partial charge in [-0.3, -0.25) is 9.69 Å². The number of amides is 1. The van der Waals surface area contributed by atoms with Crippen molar-refractivity contribution in [1.29, 1.82) is 5.26 Å². The second kappa shape index (κ2) is 8.71. The van der Waals surface area contributed by atoms with Crippen LogP contribution in [0.1, 0.15) is 11.1 Å². The minimum Gasteiger partial charge on any atom is -0.493 e. The lowest BCUT2D eigenvalue weighted by Gasteiger charge is -2.19. The standard InChI is InChI=1S/C19H21N3O3/c1-22(12-15-7-5-9-17(24-2)19(15)25-3)13-18(23)21-16-8-4-6-14(10-16)11-20/h4-10H,12-13H2,1-3H3,(H,21,23). The fourth-order valence-corrected chi connectivity index (χ4v) is 2.54. The Hall–Kier alpha value is -3.04. The lowest BCUT2D eigenvalue weighted by atomic mass is 10.1. The summed E-state index contributed by atoms with van der Waals surface area (Å²) in [5.41, 5.74) is 2.05. The summed E-state index contributed by atoms with van der Waals surface area (Å²) < 4.78 is 10.7. The van der Waals surface area contributed by atoms with E-state index in [1.165, 1.54) is 0 Å². The highest BCUT2D eigenvalue weighted by atomic mass is 16.5. The maximum atomic E-state index is 12.2. The maximum Gasteiger partial charge on any atom is 0.238 e. The summed E-state index contributed by atoms with van der Waals surface area (Å²) in [5.74, 6) is 1.17. The number of hydrogen-bond acceptors (Lipinski definition) is 5. The average molecular weight is 339 g/mol. The Morgan fingerprint density at radius 2 is 1.96 bits per heavy atom. The van der Waals surface area contributed by atoms with Crippen molar-refractivity contribution in [2.24, 2.45) is 0 Å². The number of nitrogens with one attached hydrogen (secondary N) is 1. The smallest absolute Gasteiger partial charge is 0.238 e. The van der Waals surface area contributed by atoms with Gasteiger partial charge in [0.05, 0.1) is 32.4 Å². The van der Waals surface area contributed by atoms with Gasteiger partial charge in [-0.15, -0.1) is 0 Å². The van der Waals surface area contributed by atoms with E-state index in [4.69, 9.17) is 14.7 Å². The molecule has 0 aliphatic carbocycles. The number of carbonyl (C=O) groups excluding carboxylic acids is 1. The van der Waals surface area contributed by atoms with Gasteiger partial charge in [0, 0.05) is 17.8 Å². The first-order chi connectivity index (χ1) is 12.1. The zero-order chi connectivity index (χ0) is 18.2. The number of ether oxygens (including phenoxy) is 2. The minimum atomic E-state index is -0.153. The summed E-state index contributed by atoms with van der Waals surface area (Å²) in [4.78, 5) is 14.1. The molecule has 2 aromatic carbocycles. The predicted molar refractivity (Wildman–Crippen MR) is 95.7 cm³/mol. The summed E-state index contributed by atoms with van der Waals surface area (Å²) in [6, 6.07) is 14.5. The number of benzene rings is 2. The molecule has 6 nitrogen and oxygen atoms in total. The van der Waals surface area contributed by atoms with Gasteiger partial charge >= 0.3 is 0 Å². The average Bonchev–Trinajstić information content (AvgIpc) is 2.61. The van der Waals surface area contributed by atoms with Crippen LogP contribution in [0.4, 0.5) is 5.69 Å². The van der Waals surface area contributed by atoms with Gasteiger partial charge in [0.2, 0.25) is 5.91 Å². The molecule has 0 saturated carbocycles. The third-order valence-electron chi connectivity index (χ3n) is 3.61. The third kappa shape index (κ3) is 4.96. The van der Waals surface area contributed by atoms with E-state index in [1.54, 1.807) is 38.5 Å². The molecule has 0 aliphatic rings. The molecule has 0 spiro atoms. The Kier molecular flexibility index (Phi) is 6.38. The van der Waals surface area contributed by atoms with Gasteiger partial charge in [-0.2, -0.15) is 5.26 Å². The van der Waals surface area contributed by atoms with Crippen LogP contribution in [0.2, 0.25) is 0 Å². The van der Waals surface area contributed by atoms with Crippen LogP contribution in [-0.4, -0.2) is 38.6 Å². The summed E-state index contributed by atoms with van der Waals surface area (Å²) in [6.07, 6.45) is 0. The molecular formula is C19H21N3O3. The fraction of sp³-hybridized carbons (Fsp3) is 0.263. The Morgan fingerprint density at radius 3 is 2.64 bits per heavy atom. The van der Waals surface area contributed by atoms with Gasteiger partial charge in [-0.25, -0.2) is 0 Å². The normalized spacial score (nSPS) is 10.2. The summed E-state index contributed by atoms with van der Waals surface area (Å²) >= 11 is 0. The van der Waals surface area contributed by atoms with Crippen molar-refractivity contribution >= 4 is 11.6 Å². The topological polar surface area (TPSA) is 74.6 Å². The molecule has 2 aromatic rings. The zero-order valence-electron chi connectivity index (χ0n) is 14.6. The van der Waals surface area contributed by atoms with Gasteiger partial charge in [-0.1, -0.05) is 18.2 Å². The highest BCUT2D eigenvalue weighted by molar-refractivity contribution is 5.92. The van der Waals surface area contributed by atoms with Gasteiger partial charge in [0.25, 0.3) is 0 Å². The van der Waals surface area contributed by atoms with Crippen LogP contribution in [0.5, 0.6) is 11.5 Å². The Bertz CT molecular complexity index is 784. The van der Waals surface area contributed by atoms with E-state index >= 15 is 0 Å². The number of likely N-dealkylation sites (N-methyl/N-ethyl adjacent to an activating group) is 1. The number of nitrogens with zero attached hydrogens (tertiary/aromatic N) is 2. The molecule has 0 radical (unpaired) electrons. The predicted octanol–water partition coefficient (Wildman–Crippen LogP) is 2.65. The van der Waals surface area contributed by atoms with Crippen molar-refractivity contribution in [2.75, 3.05) is 33.1 Å². The van der Waals surface area contributed by atoms with Crippen molar-refractivity contribution in [1.82, 2.24) is 4.90 Å². The molecule has 0 aliphatic heterocycles. The molecule has 1 amide bonds. The lowest BCUT2D eigenvalue weighted by molar-refractivity contribution is -0.117. The monoisotopic (exact) mass is 339 g/mol. The first-order valence-electron chi connectivity index (χ1n) is 7.75. The Balaban J connectivity index is 1.99. The first-order valence-corrected chi connectivity index (χ1v) is 7.75. The largest absolute Gasteiger partial charge is 0.493 e. The number of anilines is 1. The number of carbonyl (C=O) groups is 1. The van der Waals surface area contributed by atoms with Gasteiger partial charge < -0.3 is 14.8 Å². The Labute approximate surface area is 147 Å². The molecule has 0 heterocycles. The van der Waals surface area contributed by atoms with Crippen LogP contribution in [0.15, 0.2) is 42.5 Å². The second-order valence-corrected chi connectivity index (χ2v) is 5.57. The van der Waals surface area contributed by atoms with E-state index in [-0.39, 0.29) is 12.5 Å². The molecule has 0 aromatic heterocycles. The van der Waals surface area contributed by atoms with E-state index in [9.17, 15) is 4.79 Å². The number of rotatable bonds is 7. The molecule has 0 saturated heterocycles. The molecule has 1 N–H and O–H groups in total. The van der Waals surface area contributed by atoms with Crippen molar-refractivity contribution in [3.8, 4) is 17.6 Å². The molecule has 0 unspecified atom stereocenters. The lowest BCUT2D eigenvalue weighted by Crippen LogP contribution is -2.30. The van der Waals surface area contributed by atoms with Crippen LogP contribution in [-0.2, 0) is 11.3 Å². The zero-order valence-corrected chi connectivity index (χ0v) is 14.6. The SMILES string of the molecule is COc1cccc(CN(C)CC(=O)Nc2cccc(C#N)c2)c1OC. The number of methoxy groups -OCH3 is 2. The molecule has 2 rings (SSSR count). The van der Waals surface area contributed by atoms with Crippen LogP contribution in [0.3, 0.4) is 0 Å². The number of hydrogen-bond donors (Lipinski definition) is 1. The van der Waals surface area contributed by atoms with Gasteiger partial charge in [0.15, 0.2) is 11.5 Å². The fourth-order valence-electron chi connectivity index (χ4n) is 2.54. The number of nitriles is 1. The minimum absolute atomic E-state index is 0.153. The quantitative estimate of drug-likeness (QED) is 0.839. The van der Waals surface area contributed by atoms with Crippen LogP contribution in [0.25, 0.3) is 0 Å². The molecule has 0 atom stereocenters. The van der Waals surface area contributed by atoms with E-state index in [0.717, 1.165) is 5.56 Å². The molecule has 0 bridgehead atoms. The molecule has 25 heavy (non-hydrogen) atoms. The highest BCUT2D eigenvalue weighted by Gasteiger charge is 2.13. The van der Waals surface area contributed by atoms with Crippen molar-refractivity contribution in [2.45, 2.75) is 6.54 Å². The van der Waals surface area contributed by atoms with Crippen molar-refractivity contribution in [3.05, 3.63) is 53.6 Å². The van der Waals surface area contributed by atoms with E-state index in [1.807, 2.05) is 30.1 Å². The van der Waals surface area contributed by atoms with Gasteiger partial charge in [0.1, 0.15) is 0 Å². The van der Waals surface area contributed by atoms with Crippen molar-refractivity contribution in [3.63, 3.8) is 0 Å². The van der Waals surface area contributed by atoms with Gasteiger partial charge in [-0.05, 0) is 31.3 Å². The van der Waals surface area contributed by atoms with E-state index in [0.29, 0.717) is 29.3 Å². The first kappa shape index (κ1) is 18.3. The van der Waals surface area contributed by atoms with Crippen molar-refractivity contribution < 1.29 is 14.3 Å². The maximum absolute atomic E-state index is 12.2. The Morgan fingerprint density at radius 1 is 1.20 bits per heavy atom. The number of para-hydroxylation sites is 1. The molecular weight excluding hydrogens is 318 g/mol. The third-order valence-corrected chi connectivity index (χ3v) is 3.61. The summed E-state index contributed by atoms with van der Waals surface area (Å²) in [6.45, 7) is 0.739. The molecule has 130 valence electrons. The molecule has 0 fully saturated rings. The molecule has 6 heteroatoms. The van der Waals surface area contributed by atoms with Crippen LogP contribution >= 0.6 is 0 Å². The van der Waals surface area contributed by atoms with Crippen LogP contribution < -0.4 is 14.8 Å². The van der Waals surface area contributed by atoms with Crippen LogP contribution in [0, 0.1) is 11.3 Å². The van der Waals surface area contributed by atoms with E-state index < -0.39 is 0 Å².